The molecule has 1 atom stereocenters. The number of likely N-dealkylation sites (tertiary alicyclic amines) is 1. The number of rotatable bonds is 3. The van der Waals surface area contributed by atoms with E-state index in [1.165, 1.54) is 0 Å². The van der Waals surface area contributed by atoms with Crippen molar-refractivity contribution in [2.45, 2.75) is 26.7 Å². The first-order valence-corrected chi connectivity index (χ1v) is 9.15. The number of carbonyl (C=O) groups is 2. The quantitative estimate of drug-likeness (QED) is 0.906. The van der Waals surface area contributed by atoms with Gasteiger partial charge in [0.2, 0.25) is 5.91 Å². The van der Waals surface area contributed by atoms with Crippen molar-refractivity contribution in [2.24, 2.45) is 5.92 Å². The van der Waals surface area contributed by atoms with E-state index >= 15 is 0 Å². The molecule has 1 heterocycles. The van der Waals surface area contributed by atoms with Gasteiger partial charge in [0.25, 0.3) is 5.91 Å². The summed E-state index contributed by atoms with van der Waals surface area (Å²) in [5.74, 6) is -0.381. The maximum atomic E-state index is 12.9. The van der Waals surface area contributed by atoms with Crippen LogP contribution in [0.1, 0.15) is 39.9 Å². The highest BCUT2D eigenvalue weighted by Gasteiger charge is 2.29. The molecular weight excluding hydrogens is 338 g/mol. The smallest absolute Gasteiger partial charge is 0.253 e. The summed E-state index contributed by atoms with van der Waals surface area (Å²) in [7, 11) is 0. The van der Waals surface area contributed by atoms with Crippen LogP contribution in [0.2, 0.25) is 0 Å². The zero-order valence-corrected chi connectivity index (χ0v) is 15.7. The molecule has 0 bridgehead atoms. The second-order valence-corrected chi connectivity index (χ2v) is 7.15. The Morgan fingerprint density at radius 1 is 1.15 bits per heavy atom. The number of anilines is 1. The van der Waals surface area contributed by atoms with Crippen LogP contribution in [-0.2, 0) is 4.79 Å². The minimum atomic E-state index is -0.251. The average molecular weight is 361 g/mol. The summed E-state index contributed by atoms with van der Waals surface area (Å²) < 4.78 is 0. The molecule has 0 aliphatic carbocycles. The van der Waals surface area contributed by atoms with Gasteiger partial charge in [-0.2, -0.15) is 5.26 Å². The Balaban J connectivity index is 1.68. The minimum absolute atomic E-state index is 0.0224. The van der Waals surface area contributed by atoms with Crippen LogP contribution in [-0.4, -0.2) is 29.8 Å². The van der Waals surface area contributed by atoms with E-state index in [4.69, 9.17) is 5.26 Å². The lowest BCUT2D eigenvalue weighted by atomic mass is 9.96. The van der Waals surface area contributed by atoms with Crippen LogP contribution < -0.4 is 5.32 Å². The van der Waals surface area contributed by atoms with Gasteiger partial charge in [0.05, 0.1) is 17.6 Å². The molecule has 27 heavy (non-hydrogen) atoms. The number of benzene rings is 2. The van der Waals surface area contributed by atoms with E-state index < -0.39 is 0 Å². The fourth-order valence-corrected chi connectivity index (χ4v) is 3.57. The van der Waals surface area contributed by atoms with Crippen LogP contribution in [0, 0.1) is 31.1 Å². The second kappa shape index (κ2) is 8.05. The lowest BCUT2D eigenvalue weighted by Crippen LogP contribution is -2.43. The van der Waals surface area contributed by atoms with Gasteiger partial charge < -0.3 is 10.2 Å². The fraction of sp³-hybridized carbons (Fsp3) is 0.318. The van der Waals surface area contributed by atoms with Crippen molar-refractivity contribution in [3.8, 4) is 6.07 Å². The third-order valence-corrected chi connectivity index (χ3v) is 4.81. The third-order valence-electron chi connectivity index (χ3n) is 4.81. The number of nitrogens with zero attached hydrogens (tertiary/aromatic N) is 2. The van der Waals surface area contributed by atoms with Crippen LogP contribution in [0.25, 0.3) is 0 Å². The van der Waals surface area contributed by atoms with Crippen molar-refractivity contribution in [3.05, 3.63) is 64.7 Å². The molecule has 1 fully saturated rings. The Labute approximate surface area is 159 Å². The zero-order valence-electron chi connectivity index (χ0n) is 15.7. The number of aryl methyl sites for hydroxylation is 2. The van der Waals surface area contributed by atoms with Gasteiger partial charge in [-0.05, 0) is 57.0 Å². The minimum Gasteiger partial charge on any atom is -0.338 e. The molecule has 1 aliphatic heterocycles. The molecular formula is C22H23N3O2. The van der Waals surface area contributed by atoms with Crippen molar-refractivity contribution in [1.82, 2.24) is 4.90 Å². The lowest BCUT2D eigenvalue weighted by Gasteiger charge is -2.32. The van der Waals surface area contributed by atoms with E-state index in [2.05, 4.69) is 11.4 Å². The zero-order chi connectivity index (χ0) is 19.4. The maximum Gasteiger partial charge on any atom is 0.253 e. The molecule has 1 aliphatic rings. The van der Waals surface area contributed by atoms with Gasteiger partial charge in [0.15, 0.2) is 0 Å². The van der Waals surface area contributed by atoms with E-state index in [1.807, 2.05) is 32.0 Å². The number of hydrogen-bond donors (Lipinski definition) is 1. The molecule has 2 aromatic carbocycles. The lowest BCUT2D eigenvalue weighted by molar-refractivity contribution is -0.121. The summed E-state index contributed by atoms with van der Waals surface area (Å²) in [5, 5.41) is 11.9. The molecule has 5 heteroatoms. The molecule has 3 rings (SSSR count). The van der Waals surface area contributed by atoms with E-state index in [0.717, 1.165) is 24.0 Å². The molecule has 5 nitrogen and oxygen atoms in total. The largest absolute Gasteiger partial charge is 0.338 e. The summed E-state index contributed by atoms with van der Waals surface area (Å²) in [6.45, 7) is 5.03. The molecule has 138 valence electrons. The summed E-state index contributed by atoms with van der Waals surface area (Å²) in [4.78, 5) is 27.3. The molecule has 2 aromatic rings. The fourth-order valence-electron chi connectivity index (χ4n) is 3.57. The molecule has 0 radical (unpaired) electrons. The van der Waals surface area contributed by atoms with Crippen LogP contribution in [0.3, 0.4) is 0 Å². The SMILES string of the molecule is Cc1cc(C)cc(C(=O)N2CCCC(C(=O)Nc3cccc(C#N)c3)C2)c1. The first-order valence-electron chi connectivity index (χ1n) is 9.15. The van der Waals surface area contributed by atoms with Crippen LogP contribution in [0.15, 0.2) is 42.5 Å². The predicted molar refractivity (Wildman–Crippen MR) is 104 cm³/mol. The van der Waals surface area contributed by atoms with Crippen molar-refractivity contribution in [2.75, 3.05) is 18.4 Å². The first kappa shape index (κ1) is 18.7. The number of nitriles is 1. The van der Waals surface area contributed by atoms with Gasteiger partial charge >= 0.3 is 0 Å². The summed E-state index contributed by atoms with van der Waals surface area (Å²) >= 11 is 0. The van der Waals surface area contributed by atoms with Crippen LogP contribution >= 0.6 is 0 Å². The molecule has 1 unspecified atom stereocenters. The Kier molecular flexibility index (Phi) is 5.56. The third kappa shape index (κ3) is 4.53. The highest BCUT2D eigenvalue weighted by atomic mass is 16.2. The summed E-state index contributed by atoms with van der Waals surface area (Å²) in [6.07, 6.45) is 1.55. The number of piperidine rings is 1. The number of nitrogens with one attached hydrogen (secondary N) is 1. The average Bonchev–Trinajstić information content (AvgIpc) is 2.67. The van der Waals surface area contributed by atoms with Crippen molar-refractivity contribution in [3.63, 3.8) is 0 Å². The normalized spacial score (nSPS) is 16.5. The number of carbonyl (C=O) groups excluding carboxylic acids is 2. The Morgan fingerprint density at radius 2 is 1.89 bits per heavy atom. The highest BCUT2D eigenvalue weighted by Crippen LogP contribution is 2.22. The Morgan fingerprint density at radius 3 is 2.59 bits per heavy atom. The molecule has 2 amide bonds. The van der Waals surface area contributed by atoms with Crippen molar-refractivity contribution >= 4 is 17.5 Å². The summed E-state index contributed by atoms with van der Waals surface area (Å²) in [6, 6.07) is 14.7. The molecule has 0 saturated carbocycles. The van der Waals surface area contributed by atoms with Crippen molar-refractivity contribution in [1.29, 1.82) is 5.26 Å². The molecule has 1 N–H and O–H groups in total. The van der Waals surface area contributed by atoms with Crippen molar-refractivity contribution < 1.29 is 9.59 Å². The number of amides is 2. The maximum absolute atomic E-state index is 12.9. The van der Waals surface area contributed by atoms with E-state index in [1.54, 1.807) is 29.2 Å². The molecule has 0 aromatic heterocycles. The van der Waals surface area contributed by atoms with Gasteiger partial charge in [0, 0.05) is 24.3 Å². The highest BCUT2D eigenvalue weighted by molar-refractivity contribution is 5.96. The van der Waals surface area contributed by atoms with Gasteiger partial charge in [-0.3, -0.25) is 9.59 Å². The van der Waals surface area contributed by atoms with Crippen LogP contribution in [0.4, 0.5) is 5.69 Å². The molecule has 0 spiro atoms. The van der Waals surface area contributed by atoms with E-state index in [-0.39, 0.29) is 17.7 Å². The standard InChI is InChI=1S/C22H23N3O2/c1-15-9-16(2)11-19(10-15)22(27)25-8-4-6-18(14-25)21(26)24-20-7-3-5-17(12-20)13-23/h3,5,7,9-12,18H,4,6,8,14H2,1-2H3,(H,24,26). The molecule has 1 saturated heterocycles. The van der Waals surface area contributed by atoms with Gasteiger partial charge in [0.1, 0.15) is 0 Å². The van der Waals surface area contributed by atoms with E-state index in [9.17, 15) is 9.59 Å². The van der Waals surface area contributed by atoms with Gasteiger partial charge in [-0.15, -0.1) is 0 Å². The predicted octanol–water partition coefficient (Wildman–Crippen LogP) is 3.67. The van der Waals surface area contributed by atoms with Crippen LogP contribution in [0.5, 0.6) is 0 Å². The van der Waals surface area contributed by atoms with Gasteiger partial charge in [-0.1, -0.05) is 23.3 Å². The monoisotopic (exact) mass is 361 g/mol. The Hall–Kier alpha value is -3.13. The second-order valence-electron chi connectivity index (χ2n) is 7.15. The van der Waals surface area contributed by atoms with Gasteiger partial charge in [-0.25, -0.2) is 0 Å². The summed E-state index contributed by atoms with van der Waals surface area (Å²) in [5.41, 5.74) is 3.90. The Bertz CT molecular complexity index is 894. The topological polar surface area (TPSA) is 73.2 Å². The van der Waals surface area contributed by atoms with E-state index in [0.29, 0.717) is 29.9 Å². The first-order chi connectivity index (χ1) is 13.0. The number of hydrogen-bond acceptors (Lipinski definition) is 3.